The number of nitrogens with zero attached hydrogens (tertiary/aromatic N) is 1. The van der Waals surface area contributed by atoms with Gasteiger partial charge in [0.2, 0.25) is 5.91 Å². The number of carbonyl (C=O) groups excluding carboxylic acids is 1. The van der Waals surface area contributed by atoms with Crippen molar-refractivity contribution in [3.05, 3.63) is 18.2 Å². The first kappa shape index (κ1) is 14.7. The highest BCUT2D eigenvalue weighted by Gasteiger charge is 2.34. The predicted octanol–water partition coefficient (Wildman–Crippen LogP) is 1.81. The van der Waals surface area contributed by atoms with Gasteiger partial charge in [-0.05, 0) is 18.6 Å². The Kier molecular flexibility index (Phi) is 4.49. The molecule has 0 radical (unpaired) electrons. The number of amides is 1. The van der Waals surface area contributed by atoms with Crippen molar-refractivity contribution < 1.29 is 14.3 Å². The maximum Gasteiger partial charge on any atom is 0.244 e. The maximum absolute atomic E-state index is 12.4. The van der Waals surface area contributed by atoms with Crippen molar-refractivity contribution in [3.8, 4) is 11.5 Å². The van der Waals surface area contributed by atoms with Crippen molar-refractivity contribution in [1.29, 1.82) is 0 Å². The lowest BCUT2D eigenvalue weighted by molar-refractivity contribution is -0.119. The Morgan fingerprint density at radius 3 is 2.65 bits per heavy atom. The van der Waals surface area contributed by atoms with E-state index in [1.807, 2.05) is 26.0 Å². The first-order chi connectivity index (χ1) is 9.56. The molecule has 2 rings (SSSR count). The molecule has 20 heavy (non-hydrogen) atoms. The zero-order chi connectivity index (χ0) is 14.7. The second-order valence-corrected chi connectivity index (χ2v) is 5.19. The normalized spacial score (nSPS) is 18.8. The Hall–Kier alpha value is -1.75. The molecule has 1 aliphatic rings. The topological polar surface area (TPSA) is 50.8 Å². The summed E-state index contributed by atoms with van der Waals surface area (Å²) in [7, 11) is 3.21. The molecule has 1 aliphatic heterocycles. The molecule has 1 saturated heterocycles. The standard InChI is InChI=1S/C15H22N2O3/c1-10(2)16-12-7-8-17(15(12)18)13-6-5-11(19-3)9-14(13)20-4/h5-6,9-10,12,16H,7-8H2,1-4H3. The number of carbonyl (C=O) groups is 1. The van der Waals surface area contributed by atoms with Crippen LogP contribution in [0, 0.1) is 0 Å². The number of hydrogen-bond donors (Lipinski definition) is 1. The summed E-state index contributed by atoms with van der Waals surface area (Å²) in [5, 5.41) is 3.29. The zero-order valence-electron chi connectivity index (χ0n) is 12.5. The van der Waals surface area contributed by atoms with E-state index in [-0.39, 0.29) is 11.9 Å². The number of hydrogen-bond acceptors (Lipinski definition) is 4. The molecular formula is C15H22N2O3. The van der Waals surface area contributed by atoms with Crippen LogP contribution in [-0.2, 0) is 4.79 Å². The fourth-order valence-electron chi connectivity index (χ4n) is 2.48. The number of ether oxygens (including phenoxy) is 2. The van der Waals surface area contributed by atoms with Gasteiger partial charge >= 0.3 is 0 Å². The molecule has 1 amide bonds. The van der Waals surface area contributed by atoms with Crippen LogP contribution in [0.5, 0.6) is 11.5 Å². The van der Waals surface area contributed by atoms with E-state index in [4.69, 9.17) is 9.47 Å². The van der Waals surface area contributed by atoms with Gasteiger partial charge in [0, 0.05) is 18.7 Å². The summed E-state index contributed by atoms with van der Waals surface area (Å²) < 4.78 is 10.5. The van der Waals surface area contributed by atoms with Gasteiger partial charge in [-0.3, -0.25) is 4.79 Å². The summed E-state index contributed by atoms with van der Waals surface area (Å²) >= 11 is 0. The number of benzene rings is 1. The molecule has 0 spiro atoms. The Labute approximate surface area is 119 Å². The molecule has 110 valence electrons. The molecule has 1 unspecified atom stereocenters. The van der Waals surface area contributed by atoms with Gasteiger partial charge in [0.05, 0.1) is 25.9 Å². The summed E-state index contributed by atoms with van der Waals surface area (Å²) in [6, 6.07) is 5.69. The van der Waals surface area contributed by atoms with Crippen molar-refractivity contribution in [2.75, 3.05) is 25.7 Å². The Morgan fingerprint density at radius 2 is 2.05 bits per heavy atom. The first-order valence-corrected chi connectivity index (χ1v) is 6.86. The third-order valence-electron chi connectivity index (χ3n) is 3.42. The predicted molar refractivity (Wildman–Crippen MR) is 78.6 cm³/mol. The number of methoxy groups -OCH3 is 2. The number of anilines is 1. The van der Waals surface area contributed by atoms with Crippen LogP contribution in [0.25, 0.3) is 0 Å². The SMILES string of the molecule is COc1ccc(N2CCC(NC(C)C)C2=O)c(OC)c1. The smallest absolute Gasteiger partial charge is 0.244 e. The minimum Gasteiger partial charge on any atom is -0.497 e. The summed E-state index contributed by atoms with van der Waals surface area (Å²) in [4.78, 5) is 14.2. The molecule has 1 N–H and O–H groups in total. The molecule has 1 aromatic carbocycles. The van der Waals surface area contributed by atoms with Gasteiger partial charge in [-0.25, -0.2) is 0 Å². The third-order valence-corrected chi connectivity index (χ3v) is 3.42. The van der Waals surface area contributed by atoms with Gasteiger partial charge < -0.3 is 19.7 Å². The quantitative estimate of drug-likeness (QED) is 0.892. The molecule has 0 aromatic heterocycles. The number of nitrogens with one attached hydrogen (secondary N) is 1. The van der Waals surface area contributed by atoms with Crippen molar-refractivity contribution in [2.24, 2.45) is 0 Å². The van der Waals surface area contributed by atoms with Crippen LogP contribution in [0.3, 0.4) is 0 Å². The number of rotatable bonds is 5. The third kappa shape index (κ3) is 2.88. The zero-order valence-corrected chi connectivity index (χ0v) is 12.5. The fourth-order valence-corrected chi connectivity index (χ4v) is 2.48. The van der Waals surface area contributed by atoms with Crippen molar-refractivity contribution >= 4 is 11.6 Å². The summed E-state index contributed by atoms with van der Waals surface area (Å²) in [5.41, 5.74) is 0.798. The molecular weight excluding hydrogens is 256 g/mol. The van der Waals surface area contributed by atoms with Crippen LogP contribution in [0.2, 0.25) is 0 Å². The average molecular weight is 278 g/mol. The molecule has 5 heteroatoms. The van der Waals surface area contributed by atoms with E-state index in [2.05, 4.69) is 5.32 Å². The molecule has 5 nitrogen and oxygen atoms in total. The lowest BCUT2D eigenvalue weighted by atomic mass is 10.2. The van der Waals surface area contributed by atoms with Gasteiger partial charge in [0.25, 0.3) is 0 Å². The van der Waals surface area contributed by atoms with Crippen molar-refractivity contribution in [1.82, 2.24) is 5.32 Å². The van der Waals surface area contributed by atoms with Gasteiger partial charge in [-0.2, -0.15) is 0 Å². The van der Waals surface area contributed by atoms with Crippen LogP contribution in [-0.4, -0.2) is 38.8 Å². The van der Waals surface area contributed by atoms with Crippen molar-refractivity contribution in [3.63, 3.8) is 0 Å². The molecule has 1 heterocycles. The van der Waals surface area contributed by atoms with Gasteiger partial charge in [-0.15, -0.1) is 0 Å². The minimum atomic E-state index is -0.109. The lowest BCUT2D eigenvalue weighted by Gasteiger charge is -2.21. The van der Waals surface area contributed by atoms with E-state index in [1.165, 1.54) is 0 Å². The van der Waals surface area contributed by atoms with Crippen LogP contribution in [0.1, 0.15) is 20.3 Å². The van der Waals surface area contributed by atoms with Crippen LogP contribution >= 0.6 is 0 Å². The molecule has 1 atom stereocenters. The summed E-state index contributed by atoms with van der Waals surface area (Å²) in [5.74, 6) is 1.47. The lowest BCUT2D eigenvalue weighted by Crippen LogP contribution is -2.41. The average Bonchev–Trinajstić information content (AvgIpc) is 2.78. The molecule has 1 aromatic rings. The van der Waals surface area contributed by atoms with Gasteiger partial charge in [0.1, 0.15) is 11.5 Å². The van der Waals surface area contributed by atoms with Crippen molar-refractivity contribution in [2.45, 2.75) is 32.4 Å². The van der Waals surface area contributed by atoms with Crippen LogP contribution in [0.15, 0.2) is 18.2 Å². The minimum absolute atomic E-state index is 0.0992. The molecule has 0 aliphatic carbocycles. The highest BCUT2D eigenvalue weighted by atomic mass is 16.5. The summed E-state index contributed by atoms with van der Waals surface area (Å²) in [6.45, 7) is 4.79. The van der Waals surface area contributed by atoms with Crippen LogP contribution in [0.4, 0.5) is 5.69 Å². The highest BCUT2D eigenvalue weighted by Crippen LogP contribution is 2.34. The van der Waals surface area contributed by atoms with E-state index in [0.29, 0.717) is 24.1 Å². The maximum atomic E-state index is 12.4. The molecule has 0 bridgehead atoms. The summed E-state index contributed by atoms with van der Waals surface area (Å²) in [6.07, 6.45) is 0.812. The van der Waals surface area contributed by atoms with E-state index < -0.39 is 0 Å². The molecule has 0 saturated carbocycles. The van der Waals surface area contributed by atoms with Gasteiger partial charge in [-0.1, -0.05) is 13.8 Å². The monoisotopic (exact) mass is 278 g/mol. The van der Waals surface area contributed by atoms with E-state index in [9.17, 15) is 4.79 Å². The first-order valence-electron chi connectivity index (χ1n) is 6.86. The van der Waals surface area contributed by atoms with Gasteiger partial charge in [0.15, 0.2) is 0 Å². The molecule has 1 fully saturated rings. The largest absolute Gasteiger partial charge is 0.497 e. The fraction of sp³-hybridized carbons (Fsp3) is 0.533. The van der Waals surface area contributed by atoms with E-state index >= 15 is 0 Å². The Morgan fingerprint density at radius 1 is 1.30 bits per heavy atom. The second kappa shape index (κ2) is 6.13. The van der Waals surface area contributed by atoms with Crippen LogP contribution < -0.4 is 19.7 Å². The highest BCUT2D eigenvalue weighted by molar-refractivity contribution is 6.00. The second-order valence-electron chi connectivity index (χ2n) is 5.19. The Bertz CT molecular complexity index is 488. The van der Waals surface area contributed by atoms with E-state index in [0.717, 1.165) is 12.1 Å². The van der Waals surface area contributed by atoms with E-state index in [1.54, 1.807) is 25.2 Å². The Balaban J connectivity index is 2.22.